The van der Waals surface area contributed by atoms with Gasteiger partial charge in [-0.1, -0.05) is 0 Å². The number of carbonyl (C=O) groups is 1. The van der Waals surface area contributed by atoms with Crippen LogP contribution in [0.15, 0.2) is 0 Å². The van der Waals surface area contributed by atoms with Gasteiger partial charge >= 0.3 is 0 Å². The van der Waals surface area contributed by atoms with Crippen LogP contribution < -0.4 is 5.73 Å². The van der Waals surface area contributed by atoms with Gasteiger partial charge in [0.25, 0.3) is 5.92 Å². The van der Waals surface area contributed by atoms with Crippen LogP contribution in [-0.2, 0) is 4.79 Å². The molecule has 1 rings (SSSR count). The van der Waals surface area contributed by atoms with Gasteiger partial charge in [-0.15, -0.1) is 0 Å². The van der Waals surface area contributed by atoms with E-state index in [2.05, 4.69) is 0 Å². The molecule has 0 aromatic rings. The average Bonchev–Trinajstić information content (AvgIpc) is 2.39. The molecule has 1 heterocycles. The molecule has 0 unspecified atom stereocenters. The van der Waals surface area contributed by atoms with Gasteiger partial charge in [-0.3, -0.25) is 4.79 Å². The normalized spacial score (nSPS) is 25.7. The van der Waals surface area contributed by atoms with Crippen LogP contribution in [0.4, 0.5) is 8.78 Å². The Hall–Kier alpha value is -1.22. The maximum Gasteiger partial charge on any atom is 0.268 e. The second-order valence-electron chi connectivity index (χ2n) is 2.93. The molecule has 1 fully saturated rings. The quantitative estimate of drug-likeness (QED) is 0.615. The topological polar surface area (TPSA) is 70.1 Å². The smallest absolute Gasteiger partial charge is 0.268 e. The zero-order valence-electron chi connectivity index (χ0n) is 6.83. The predicted octanol–water partition coefficient (Wildman–Crippen LogP) is -0.295. The second-order valence-corrected chi connectivity index (χ2v) is 2.93. The summed E-state index contributed by atoms with van der Waals surface area (Å²) in [5.74, 6) is -3.56. The highest BCUT2D eigenvalue weighted by atomic mass is 19.3. The molecule has 1 atom stereocenters. The van der Waals surface area contributed by atoms with E-state index in [9.17, 15) is 13.6 Å². The molecule has 72 valence electrons. The molecule has 0 saturated carbocycles. The molecule has 0 bridgehead atoms. The maximum atomic E-state index is 12.7. The Labute approximate surface area is 73.9 Å². The lowest BCUT2D eigenvalue weighted by atomic mass is 10.2. The van der Waals surface area contributed by atoms with Crippen molar-refractivity contribution in [1.29, 1.82) is 5.26 Å². The molecule has 0 spiro atoms. The molecule has 2 N–H and O–H groups in total. The summed E-state index contributed by atoms with van der Waals surface area (Å²) in [6.07, 6.45) is -0.588. The second kappa shape index (κ2) is 3.26. The van der Waals surface area contributed by atoms with E-state index in [1.54, 1.807) is 6.07 Å². The zero-order valence-corrected chi connectivity index (χ0v) is 6.83. The Morgan fingerprint density at radius 1 is 1.77 bits per heavy atom. The van der Waals surface area contributed by atoms with Gasteiger partial charge in [0.05, 0.1) is 19.2 Å². The first-order valence-corrected chi connectivity index (χ1v) is 3.77. The van der Waals surface area contributed by atoms with Gasteiger partial charge < -0.3 is 10.6 Å². The summed E-state index contributed by atoms with van der Waals surface area (Å²) in [5, 5.41) is 8.50. The lowest BCUT2D eigenvalue weighted by Gasteiger charge is -2.17. The van der Waals surface area contributed by atoms with Crippen LogP contribution in [-0.4, -0.2) is 35.9 Å². The molecule has 0 radical (unpaired) electrons. The first kappa shape index (κ1) is 9.86. The van der Waals surface area contributed by atoms with Crippen LogP contribution in [0.1, 0.15) is 6.42 Å². The first-order valence-electron chi connectivity index (χ1n) is 3.77. The Kier molecular flexibility index (Phi) is 2.48. The number of nitrogens with zero attached hydrogens (tertiary/aromatic N) is 2. The Bertz CT molecular complexity index is 261. The summed E-state index contributed by atoms with van der Waals surface area (Å²) in [5.41, 5.74) is 5.01. The van der Waals surface area contributed by atoms with Crippen molar-refractivity contribution in [3.63, 3.8) is 0 Å². The van der Waals surface area contributed by atoms with E-state index in [4.69, 9.17) is 11.0 Å². The number of halogens is 2. The Morgan fingerprint density at radius 3 is 2.85 bits per heavy atom. The monoisotopic (exact) mass is 189 g/mol. The predicted molar refractivity (Wildman–Crippen MR) is 39.7 cm³/mol. The van der Waals surface area contributed by atoms with Crippen molar-refractivity contribution in [2.75, 3.05) is 13.1 Å². The maximum absolute atomic E-state index is 12.7. The van der Waals surface area contributed by atoms with Crippen LogP contribution in [0, 0.1) is 11.3 Å². The number of nitriles is 1. The molecule has 0 aromatic carbocycles. The minimum atomic E-state index is -2.95. The van der Waals surface area contributed by atoms with Gasteiger partial charge in [-0.2, -0.15) is 5.26 Å². The zero-order chi connectivity index (χ0) is 10.1. The van der Waals surface area contributed by atoms with Crippen LogP contribution in [0.25, 0.3) is 0 Å². The third-order valence-corrected chi connectivity index (χ3v) is 1.91. The van der Waals surface area contributed by atoms with Gasteiger partial charge in [-0.05, 0) is 0 Å². The fourth-order valence-electron chi connectivity index (χ4n) is 1.31. The van der Waals surface area contributed by atoms with E-state index in [1.165, 1.54) is 0 Å². The number of hydrogen-bond donors (Lipinski definition) is 1. The van der Waals surface area contributed by atoms with Gasteiger partial charge in [0.15, 0.2) is 0 Å². The fourth-order valence-corrected chi connectivity index (χ4v) is 1.31. The minimum Gasteiger partial charge on any atom is -0.322 e. The summed E-state index contributed by atoms with van der Waals surface area (Å²) in [6.45, 7) is -1.03. The highest BCUT2D eigenvalue weighted by molar-refractivity contribution is 5.79. The van der Waals surface area contributed by atoms with Crippen molar-refractivity contribution in [3.05, 3.63) is 0 Å². The molecule has 0 aromatic heterocycles. The molecular weight excluding hydrogens is 180 g/mol. The number of rotatable bonds is 1. The highest BCUT2D eigenvalue weighted by Gasteiger charge is 2.46. The van der Waals surface area contributed by atoms with Crippen LogP contribution in [0.2, 0.25) is 0 Å². The van der Waals surface area contributed by atoms with Crippen molar-refractivity contribution < 1.29 is 13.6 Å². The molecular formula is C7H9F2N3O. The average molecular weight is 189 g/mol. The van der Waals surface area contributed by atoms with Crippen LogP contribution in [0.3, 0.4) is 0 Å². The van der Waals surface area contributed by atoms with E-state index < -0.39 is 30.8 Å². The minimum absolute atomic E-state index is 0.339. The van der Waals surface area contributed by atoms with Crippen molar-refractivity contribution in [3.8, 4) is 6.07 Å². The molecule has 6 heteroatoms. The third kappa shape index (κ3) is 1.92. The van der Waals surface area contributed by atoms with Gasteiger partial charge in [0, 0.05) is 6.42 Å². The summed E-state index contributed by atoms with van der Waals surface area (Å²) < 4.78 is 25.5. The van der Waals surface area contributed by atoms with Crippen molar-refractivity contribution >= 4 is 5.91 Å². The summed E-state index contributed by atoms with van der Waals surface area (Å²) in [7, 11) is 0. The van der Waals surface area contributed by atoms with Crippen molar-refractivity contribution in [1.82, 2.24) is 4.90 Å². The van der Waals surface area contributed by atoms with E-state index in [-0.39, 0.29) is 6.54 Å². The van der Waals surface area contributed by atoms with E-state index >= 15 is 0 Å². The molecule has 1 aliphatic heterocycles. The van der Waals surface area contributed by atoms with Gasteiger partial charge in [0.1, 0.15) is 6.04 Å². The summed E-state index contributed by atoms with van der Waals surface area (Å²) in [6, 6.07) is 0.618. The largest absolute Gasteiger partial charge is 0.322 e. The van der Waals surface area contributed by atoms with E-state index in [0.29, 0.717) is 0 Å². The number of alkyl halides is 2. The lowest BCUT2D eigenvalue weighted by Crippen LogP contribution is -2.39. The number of amides is 1. The SMILES string of the molecule is N#C[C@@H]1CC(F)(F)CN1C(=O)CN. The molecule has 1 saturated heterocycles. The van der Waals surface area contributed by atoms with Gasteiger partial charge in [0.2, 0.25) is 5.91 Å². The molecule has 1 aliphatic rings. The fraction of sp³-hybridized carbons (Fsp3) is 0.714. The number of nitrogens with two attached hydrogens (primary N) is 1. The molecule has 13 heavy (non-hydrogen) atoms. The highest BCUT2D eigenvalue weighted by Crippen LogP contribution is 2.31. The van der Waals surface area contributed by atoms with Crippen LogP contribution in [0.5, 0.6) is 0 Å². The van der Waals surface area contributed by atoms with Crippen molar-refractivity contribution in [2.24, 2.45) is 5.73 Å². The lowest BCUT2D eigenvalue weighted by molar-refractivity contribution is -0.130. The standard InChI is InChI=1S/C7H9F2N3O/c8-7(9)1-5(2-10)12(4-7)6(13)3-11/h5H,1,3-4,11H2/t5-/m0/s1. The summed E-state index contributed by atoms with van der Waals surface area (Å²) >= 11 is 0. The first-order chi connectivity index (χ1) is 6.00. The molecule has 1 amide bonds. The van der Waals surface area contributed by atoms with Crippen LogP contribution >= 0.6 is 0 Å². The number of hydrogen-bond acceptors (Lipinski definition) is 3. The Morgan fingerprint density at radius 2 is 2.38 bits per heavy atom. The number of carbonyl (C=O) groups excluding carboxylic acids is 1. The van der Waals surface area contributed by atoms with E-state index in [1.807, 2.05) is 0 Å². The van der Waals surface area contributed by atoms with Gasteiger partial charge in [-0.25, -0.2) is 8.78 Å². The molecule has 4 nitrogen and oxygen atoms in total. The Balaban J connectivity index is 2.76. The van der Waals surface area contributed by atoms with E-state index in [0.717, 1.165) is 4.90 Å². The van der Waals surface area contributed by atoms with Crippen molar-refractivity contribution in [2.45, 2.75) is 18.4 Å². The third-order valence-electron chi connectivity index (χ3n) is 1.91. The summed E-state index contributed by atoms with van der Waals surface area (Å²) in [4.78, 5) is 11.8. The molecule has 0 aliphatic carbocycles. The number of likely N-dealkylation sites (tertiary alicyclic amines) is 1.